The number of hydrogen-bond donors (Lipinski definition) is 1. The molecule has 4 rings (SSSR count). The zero-order valence-corrected chi connectivity index (χ0v) is 17.8. The van der Waals surface area contributed by atoms with Crippen LogP contribution in [0.15, 0.2) is 48.2 Å². The largest absolute Gasteiger partial charge is 0.494 e. The highest BCUT2D eigenvalue weighted by molar-refractivity contribution is 6.36. The van der Waals surface area contributed by atoms with Crippen LogP contribution in [0.25, 0.3) is 5.57 Å². The zero-order valence-electron chi connectivity index (χ0n) is 17.8. The Balaban J connectivity index is 1.68. The SMILES string of the molecule is CCCOc1ccc(C2=C(Nc3ccc4c(c3)OCCO4)C(=O)N(CCC)C2=O)cc1. The summed E-state index contributed by atoms with van der Waals surface area (Å²) in [6.45, 7) is 5.95. The summed E-state index contributed by atoms with van der Waals surface area (Å²) in [6, 6.07) is 12.6. The zero-order chi connectivity index (χ0) is 21.8. The van der Waals surface area contributed by atoms with Gasteiger partial charge < -0.3 is 19.5 Å². The van der Waals surface area contributed by atoms with Crippen molar-refractivity contribution in [3.8, 4) is 17.2 Å². The summed E-state index contributed by atoms with van der Waals surface area (Å²) in [5.74, 6) is 1.38. The summed E-state index contributed by atoms with van der Waals surface area (Å²) < 4.78 is 16.8. The molecule has 7 heteroatoms. The van der Waals surface area contributed by atoms with Crippen molar-refractivity contribution in [3.63, 3.8) is 0 Å². The van der Waals surface area contributed by atoms with Gasteiger partial charge in [-0.05, 0) is 42.7 Å². The van der Waals surface area contributed by atoms with Crippen molar-refractivity contribution in [2.75, 3.05) is 31.7 Å². The quantitative estimate of drug-likeness (QED) is 0.651. The molecule has 162 valence electrons. The Morgan fingerprint density at radius 2 is 1.68 bits per heavy atom. The molecule has 0 bridgehead atoms. The van der Waals surface area contributed by atoms with E-state index in [0.29, 0.717) is 61.1 Å². The number of carbonyl (C=O) groups excluding carboxylic acids is 2. The van der Waals surface area contributed by atoms with E-state index in [2.05, 4.69) is 5.32 Å². The smallest absolute Gasteiger partial charge is 0.278 e. The second-order valence-corrected chi connectivity index (χ2v) is 7.37. The van der Waals surface area contributed by atoms with Crippen molar-refractivity contribution in [2.45, 2.75) is 26.7 Å². The molecule has 0 spiro atoms. The maximum atomic E-state index is 13.1. The molecule has 2 aliphatic heterocycles. The van der Waals surface area contributed by atoms with Crippen molar-refractivity contribution >= 4 is 23.1 Å². The van der Waals surface area contributed by atoms with E-state index in [1.807, 2.05) is 38.1 Å². The first-order valence-corrected chi connectivity index (χ1v) is 10.6. The van der Waals surface area contributed by atoms with Crippen LogP contribution in [0, 0.1) is 0 Å². The summed E-state index contributed by atoms with van der Waals surface area (Å²) in [6.07, 6.45) is 1.60. The molecular weight excluding hydrogens is 396 g/mol. The first kappa shape index (κ1) is 20.8. The van der Waals surface area contributed by atoms with Gasteiger partial charge in [0.1, 0.15) is 24.7 Å². The average molecular weight is 422 g/mol. The van der Waals surface area contributed by atoms with E-state index in [1.165, 1.54) is 4.90 Å². The van der Waals surface area contributed by atoms with Crippen LogP contribution in [-0.2, 0) is 9.59 Å². The Kier molecular flexibility index (Phi) is 6.11. The minimum atomic E-state index is -0.331. The molecule has 7 nitrogen and oxygen atoms in total. The van der Waals surface area contributed by atoms with E-state index in [4.69, 9.17) is 14.2 Å². The molecule has 2 aliphatic rings. The average Bonchev–Trinajstić information content (AvgIpc) is 3.02. The molecule has 0 saturated carbocycles. The Morgan fingerprint density at radius 3 is 2.39 bits per heavy atom. The maximum Gasteiger partial charge on any atom is 0.278 e. The fourth-order valence-corrected chi connectivity index (χ4v) is 3.59. The third kappa shape index (κ3) is 4.21. The van der Waals surface area contributed by atoms with Gasteiger partial charge in [0.2, 0.25) is 0 Å². The lowest BCUT2D eigenvalue weighted by atomic mass is 10.0. The normalized spacial score (nSPS) is 15.5. The van der Waals surface area contributed by atoms with Crippen LogP contribution < -0.4 is 19.5 Å². The Bertz CT molecular complexity index is 1010. The van der Waals surface area contributed by atoms with E-state index >= 15 is 0 Å². The molecule has 2 heterocycles. The van der Waals surface area contributed by atoms with Gasteiger partial charge in [0.15, 0.2) is 11.5 Å². The second kappa shape index (κ2) is 9.12. The number of hydrogen-bond acceptors (Lipinski definition) is 6. The van der Waals surface area contributed by atoms with Crippen LogP contribution in [0.1, 0.15) is 32.3 Å². The van der Waals surface area contributed by atoms with Crippen LogP contribution in [-0.4, -0.2) is 43.1 Å². The van der Waals surface area contributed by atoms with Gasteiger partial charge in [-0.25, -0.2) is 0 Å². The van der Waals surface area contributed by atoms with Crippen LogP contribution in [0.4, 0.5) is 5.69 Å². The number of ether oxygens (including phenoxy) is 3. The third-order valence-corrected chi connectivity index (χ3v) is 5.04. The highest BCUT2D eigenvalue weighted by Gasteiger charge is 2.38. The molecule has 0 fully saturated rings. The topological polar surface area (TPSA) is 77.1 Å². The van der Waals surface area contributed by atoms with E-state index in [1.54, 1.807) is 18.2 Å². The van der Waals surface area contributed by atoms with Gasteiger partial charge in [-0.1, -0.05) is 26.0 Å². The lowest BCUT2D eigenvalue weighted by Crippen LogP contribution is -2.33. The summed E-state index contributed by atoms with van der Waals surface area (Å²) >= 11 is 0. The summed E-state index contributed by atoms with van der Waals surface area (Å²) in [4.78, 5) is 27.5. The van der Waals surface area contributed by atoms with Crippen LogP contribution in [0.2, 0.25) is 0 Å². The lowest BCUT2D eigenvalue weighted by molar-refractivity contribution is -0.136. The molecular formula is C24H26N2O5. The Hall–Kier alpha value is -3.48. The van der Waals surface area contributed by atoms with Gasteiger partial charge in [0.25, 0.3) is 11.8 Å². The molecule has 2 aromatic carbocycles. The first-order valence-electron chi connectivity index (χ1n) is 10.6. The first-order chi connectivity index (χ1) is 15.1. The number of nitrogens with zero attached hydrogens (tertiary/aromatic N) is 1. The number of fused-ring (bicyclic) bond motifs is 1. The molecule has 2 aromatic rings. The predicted octanol–water partition coefficient (Wildman–Crippen LogP) is 3.85. The van der Waals surface area contributed by atoms with Gasteiger partial charge in [-0.15, -0.1) is 0 Å². The standard InChI is InChI=1S/C24H26N2O5/c1-3-11-26-23(27)21(16-5-8-18(9-6-16)29-12-4-2)22(24(26)28)25-17-7-10-19-20(15-17)31-14-13-30-19/h5-10,15,25H,3-4,11-14H2,1-2H3. The van der Waals surface area contributed by atoms with Gasteiger partial charge >= 0.3 is 0 Å². The molecule has 0 aromatic heterocycles. The number of carbonyl (C=O) groups is 2. The number of benzene rings is 2. The minimum absolute atomic E-state index is 0.261. The molecule has 0 aliphatic carbocycles. The third-order valence-electron chi connectivity index (χ3n) is 5.04. The maximum absolute atomic E-state index is 13.1. The van der Waals surface area contributed by atoms with Gasteiger partial charge in [0.05, 0.1) is 12.2 Å². The molecule has 2 amide bonds. The highest BCUT2D eigenvalue weighted by Crippen LogP contribution is 2.35. The fourth-order valence-electron chi connectivity index (χ4n) is 3.59. The number of nitrogens with one attached hydrogen (secondary N) is 1. The Labute approximate surface area is 181 Å². The van der Waals surface area contributed by atoms with Crippen molar-refractivity contribution < 1.29 is 23.8 Å². The monoisotopic (exact) mass is 422 g/mol. The van der Waals surface area contributed by atoms with Crippen LogP contribution in [0.5, 0.6) is 17.2 Å². The number of rotatable bonds is 8. The van der Waals surface area contributed by atoms with Gasteiger partial charge in [-0.2, -0.15) is 0 Å². The molecule has 0 unspecified atom stereocenters. The molecule has 0 saturated heterocycles. The number of imide groups is 1. The highest BCUT2D eigenvalue weighted by atomic mass is 16.6. The molecule has 1 N–H and O–H groups in total. The van der Waals surface area contributed by atoms with Gasteiger partial charge in [-0.3, -0.25) is 14.5 Å². The van der Waals surface area contributed by atoms with Crippen LogP contribution in [0.3, 0.4) is 0 Å². The second-order valence-electron chi connectivity index (χ2n) is 7.37. The van der Waals surface area contributed by atoms with Crippen LogP contribution >= 0.6 is 0 Å². The number of anilines is 1. The summed E-state index contributed by atoms with van der Waals surface area (Å²) in [5.41, 5.74) is 1.94. The molecule has 31 heavy (non-hydrogen) atoms. The van der Waals surface area contributed by atoms with E-state index < -0.39 is 0 Å². The molecule has 0 radical (unpaired) electrons. The van der Waals surface area contributed by atoms with Gasteiger partial charge in [0, 0.05) is 18.3 Å². The number of amides is 2. The predicted molar refractivity (Wildman–Crippen MR) is 117 cm³/mol. The Morgan fingerprint density at radius 1 is 0.935 bits per heavy atom. The van der Waals surface area contributed by atoms with E-state index in [0.717, 1.165) is 12.2 Å². The molecule has 0 atom stereocenters. The van der Waals surface area contributed by atoms with Crippen molar-refractivity contribution in [2.24, 2.45) is 0 Å². The minimum Gasteiger partial charge on any atom is -0.494 e. The van der Waals surface area contributed by atoms with E-state index in [-0.39, 0.29) is 17.5 Å². The lowest BCUT2D eigenvalue weighted by Gasteiger charge is -2.19. The van der Waals surface area contributed by atoms with Crippen molar-refractivity contribution in [3.05, 3.63) is 53.7 Å². The summed E-state index contributed by atoms with van der Waals surface area (Å²) in [5, 5.41) is 3.16. The van der Waals surface area contributed by atoms with Crippen molar-refractivity contribution in [1.29, 1.82) is 0 Å². The van der Waals surface area contributed by atoms with Crippen molar-refractivity contribution in [1.82, 2.24) is 4.90 Å². The van der Waals surface area contributed by atoms with E-state index in [9.17, 15) is 9.59 Å². The fraction of sp³-hybridized carbons (Fsp3) is 0.333. The summed E-state index contributed by atoms with van der Waals surface area (Å²) in [7, 11) is 0.